The van der Waals surface area contributed by atoms with Crippen LogP contribution in [-0.2, 0) is 13.2 Å². The van der Waals surface area contributed by atoms with Crippen molar-refractivity contribution >= 4 is 23.5 Å². The van der Waals surface area contributed by atoms with E-state index in [2.05, 4.69) is 5.10 Å². The Balaban J connectivity index is 1.73. The predicted octanol–water partition coefficient (Wildman–Crippen LogP) is 5.04. The molecule has 0 saturated carbocycles. The van der Waals surface area contributed by atoms with E-state index in [9.17, 15) is 4.79 Å². The molecule has 5 nitrogen and oxygen atoms in total. The minimum Gasteiger partial charge on any atom is -0.496 e. The first-order valence-corrected chi connectivity index (χ1v) is 9.27. The zero-order valence-corrected chi connectivity index (χ0v) is 16.5. The Morgan fingerprint density at radius 3 is 2.82 bits per heavy atom. The molecule has 0 aliphatic heterocycles. The number of aromatic nitrogens is 2. The van der Waals surface area contributed by atoms with Crippen molar-refractivity contribution in [3.63, 3.8) is 0 Å². The molecule has 2 aromatic carbocycles. The Morgan fingerprint density at radius 2 is 2.11 bits per heavy atom. The van der Waals surface area contributed by atoms with Crippen LogP contribution < -0.4 is 9.47 Å². The van der Waals surface area contributed by atoms with E-state index in [1.54, 1.807) is 48.5 Å². The van der Waals surface area contributed by atoms with Gasteiger partial charge >= 0.3 is 0 Å². The van der Waals surface area contributed by atoms with E-state index in [4.69, 9.17) is 21.1 Å². The molecule has 1 aromatic heterocycles. The standard InChI is InChI=1S/C22H21ClN2O3/c1-3-25-14-18(13-24-25)21(26)9-7-16-8-10-22(27-2)17(11-16)15-28-20-6-4-5-19(23)12-20/h4-14H,3,15H2,1-2H3/b9-7+. The summed E-state index contributed by atoms with van der Waals surface area (Å²) in [5.74, 6) is 1.31. The van der Waals surface area contributed by atoms with Gasteiger partial charge in [-0.15, -0.1) is 0 Å². The second-order valence-corrected chi connectivity index (χ2v) is 6.54. The zero-order chi connectivity index (χ0) is 19.9. The molecule has 6 heteroatoms. The summed E-state index contributed by atoms with van der Waals surface area (Å²) in [6.45, 7) is 3.02. The van der Waals surface area contributed by atoms with Gasteiger partial charge < -0.3 is 9.47 Å². The summed E-state index contributed by atoms with van der Waals surface area (Å²) in [5.41, 5.74) is 2.31. The van der Waals surface area contributed by atoms with Crippen molar-refractivity contribution in [2.75, 3.05) is 7.11 Å². The van der Waals surface area contributed by atoms with Gasteiger partial charge in [-0.25, -0.2) is 0 Å². The molecule has 0 amide bonds. The van der Waals surface area contributed by atoms with Crippen LogP contribution in [0.4, 0.5) is 0 Å². The number of aryl methyl sites for hydroxylation is 1. The van der Waals surface area contributed by atoms with E-state index < -0.39 is 0 Å². The summed E-state index contributed by atoms with van der Waals surface area (Å²) in [7, 11) is 1.61. The third-order valence-electron chi connectivity index (χ3n) is 4.16. The molecule has 0 bridgehead atoms. The fourth-order valence-corrected chi connectivity index (χ4v) is 2.85. The lowest BCUT2D eigenvalue weighted by atomic mass is 10.1. The number of halogens is 1. The lowest BCUT2D eigenvalue weighted by Gasteiger charge is -2.11. The first-order valence-electron chi connectivity index (χ1n) is 8.89. The highest BCUT2D eigenvalue weighted by atomic mass is 35.5. The van der Waals surface area contributed by atoms with Crippen LogP contribution in [-0.4, -0.2) is 22.7 Å². The number of carbonyl (C=O) groups is 1. The first kappa shape index (κ1) is 19.7. The van der Waals surface area contributed by atoms with Gasteiger partial charge in [0.15, 0.2) is 5.78 Å². The molecule has 3 rings (SSSR count). The number of rotatable bonds is 8. The van der Waals surface area contributed by atoms with Crippen LogP contribution >= 0.6 is 11.6 Å². The van der Waals surface area contributed by atoms with Gasteiger partial charge in [-0.3, -0.25) is 9.48 Å². The zero-order valence-electron chi connectivity index (χ0n) is 15.8. The molecule has 0 aliphatic carbocycles. The maximum absolute atomic E-state index is 12.3. The Hall–Kier alpha value is -3.05. The Labute approximate surface area is 169 Å². The Kier molecular flexibility index (Phi) is 6.50. The van der Waals surface area contributed by atoms with Crippen molar-refractivity contribution in [2.24, 2.45) is 0 Å². The average Bonchev–Trinajstić information content (AvgIpc) is 3.20. The molecule has 0 fully saturated rings. The average molecular weight is 397 g/mol. The molecule has 0 atom stereocenters. The van der Waals surface area contributed by atoms with Gasteiger partial charge in [0.05, 0.1) is 18.9 Å². The Bertz CT molecular complexity index is 995. The van der Waals surface area contributed by atoms with Crippen molar-refractivity contribution in [1.82, 2.24) is 9.78 Å². The number of ketones is 1. The molecule has 0 radical (unpaired) electrons. The summed E-state index contributed by atoms with van der Waals surface area (Å²) in [6.07, 6.45) is 6.63. The number of hydrogen-bond acceptors (Lipinski definition) is 4. The maximum atomic E-state index is 12.3. The van der Waals surface area contributed by atoms with Gasteiger partial charge in [0, 0.05) is 23.3 Å². The summed E-state index contributed by atoms with van der Waals surface area (Å²) < 4.78 is 13.0. The molecule has 144 valence electrons. The normalized spacial score (nSPS) is 11.0. The molecule has 0 aliphatic rings. The second kappa shape index (κ2) is 9.24. The van der Waals surface area contributed by atoms with Gasteiger partial charge in [-0.1, -0.05) is 29.8 Å². The smallest absolute Gasteiger partial charge is 0.189 e. The van der Waals surface area contributed by atoms with Crippen LogP contribution in [0.1, 0.15) is 28.4 Å². The van der Waals surface area contributed by atoms with Crippen molar-refractivity contribution in [3.05, 3.63) is 82.6 Å². The van der Waals surface area contributed by atoms with Crippen molar-refractivity contribution in [2.45, 2.75) is 20.1 Å². The minimum atomic E-state index is -0.0905. The van der Waals surface area contributed by atoms with Crippen molar-refractivity contribution in [3.8, 4) is 11.5 Å². The van der Waals surface area contributed by atoms with Gasteiger partial charge in [0.1, 0.15) is 18.1 Å². The van der Waals surface area contributed by atoms with E-state index in [0.29, 0.717) is 22.9 Å². The highest BCUT2D eigenvalue weighted by molar-refractivity contribution is 6.30. The number of benzene rings is 2. The van der Waals surface area contributed by atoms with Crippen LogP contribution in [0.15, 0.2) is 60.9 Å². The Morgan fingerprint density at radius 1 is 1.25 bits per heavy atom. The van der Waals surface area contributed by atoms with Crippen LogP contribution in [0.25, 0.3) is 6.08 Å². The highest BCUT2D eigenvalue weighted by Gasteiger charge is 2.07. The van der Waals surface area contributed by atoms with E-state index in [-0.39, 0.29) is 5.78 Å². The molecule has 0 spiro atoms. The molecule has 1 heterocycles. The molecule has 28 heavy (non-hydrogen) atoms. The summed E-state index contributed by atoms with van der Waals surface area (Å²) in [5, 5.41) is 4.74. The third-order valence-corrected chi connectivity index (χ3v) is 4.40. The topological polar surface area (TPSA) is 53.4 Å². The molecule has 0 N–H and O–H groups in total. The molecular weight excluding hydrogens is 376 g/mol. The van der Waals surface area contributed by atoms with E-state index in [1.807, 2.05) is 37.3 Å². The molecule has 3 aromatic rings. The number of methoxy groups -OCH3 is 1. The van der Waals surface area contributed by atoms with Gasteiger partial charge in [0.25, 0.3) is 0 Å². The van der Waals surface area contributed by atoms with Gasteiger partial charge in [-0.2, -0.15) is 5.10 Å². The number of allylic oxidation sites excluding steroid dienone is 1. The highest BCUT2D eigenvalue weighted by Crippen LogP contribution is 2.24. The van der Waals surface area contributed by atoms with Gasteiger partial charge in [-0.05, 0) is 48.9 Å². The number of ether oxygens (including phenoxy) is 2. The molecular formula is C22H21ClN2O3. The molecule has 0 unspecified atom stereocenters. The number of hydrogen-bond donors (Lipinski definition) is 0. The van der Waals surface area contributed by atoms with Crippen LogP contribution in [0, 0.1) is 0 Å². The minimum absolute atomic E-state index is 0.0905. The van der Waals surface area contributed by atoms with E-state index in [1.165, 1.54) is 0 Å². The van der Waals surface area contributed by atoms with Crippen molar-refractivity contribution < 1.29 is 14.3 Å². The van der Waals surface area contributed by atoms with Crippen LogP contribution in [0.5, 0.6) is 11.5 Å². The van der Waals surface area contributed by atoms with Crippen LogP contribution in [0.3, 0.4) is 0 Å². The summed E-state index contributed by atoms with van der Waals surface area (Å²) >= 11 is 5.99. The van der Waals surface area contributed by atoms with E-state index in [0.717, 1.165) is 23.4 Å². The number of nitrogens with zero attached hydrogens (tertiary/aromatic N) is 2. The quantitative estimate of drug-likeness (QED) is 0.395. The summed E-state index contributed by atoms with van der Waals surface area (Å²) in [4.78, 5) is 12.3. The number of carbonyl (C=O) groups excluding carboxylic acids is 1. The van der Waals surface area contributed by atoms with E-state index >= 15 is 0 Å². The third kappa shape index (κ3) is 5.02. The summed E-state index contributed by atoms with van der Waals surface area (Å²) in [6, 6.07) is 12.9. The lowest BCUT2D eigenvalue weighted by Crippen LogP contribution is -1.99. The predicted molar refractivity (Wildman–Crippen MR) is 110 cm³/mol. The second-order valence-electron chi connectivity index (χ2n) is 6.10. The largest absolute Gasteiger partial charge is 0.496 e. The monoisotopic (exact) mass is 396 g/mol. The fraction of sp³-hybridized carbons (Fsp3) is 0.182. The maximum Gasteiger partial charge on any atom is 0.189 e. The van der Waals surface area contributed by atoms with Gasteiger partial charge in [0.2, 0.25) is 0 Å². The fourth-order valence-electron chi connectivity index (χ4n) is 2.66. The van der Waals surface area contributed by atoms with Crippen LogP contribution in [0.2, 0.25) is 5.02 Å². The SMILES string of the molecule is CCn1cc(C(=O)/C=C/c2ccc(OC)c(COc3cccc(Cl)c3)c2)cn1. The first-order chi connectivity index (χ1) is 13.6. The van der Waals surface area contributed by atoms with Crippen molar-refractivity contribution in [1.29, 1.82) is 0 Å². The lowest BCUT2D eigenvalue weighted by molar-refractivity contribution is 0.104. The molecule has 0 saturated heterocycles.